The number of aryl methyl sites for hydroxylation is 1. The lowest BCUT2D eigenvalue weighted by molar-refractivity contribution is -0.384. The van der Waals surface area contributed by atoms with Crippen LogP contribution in [-0.2, 0) is 0 Å². The maximum Gasteiger partial charge on any atom is 0.311 e. The molecule has 6 nitrogen and oxygen atoms in total. The van der Waals surface area contributed by atoms with Crippen LogP contribution in [0.1, 0.15) is 24.8 Å². The van der Waals surface area contributed by atoms with E-state index in [2.05, 4.69) is 15.6 Å². The third-order valence-corrected chi connectivity index (χ3v) is 3.15. The third-order valence-electron chi connectivity index (χ3n) is 3.15. The maximum atomic E-state index is 10.9. The van der Waals surface area contributed by atoms with E-state index >= 15 is 0 Å². The number of nitro groups is 1. The van der Waals surface area contributed by atoms with Gasteiger partial charge in [-0.2, -0.15) is 0 Å². The Morgan fingerprint density at radius 2 is 2.50 bits per heavy atom. The van der Waals surface area contributed by atoms with E-state index in [0.717, 1.165) is 18.5 Å². The zero-order valence-electron chi connectivity index (χ0n) is 10.5. The number of nitrogens with one attached hydrogen (secondary N) is 2. The molecular formula is C12H18N4O2. The number of hydrogen-bond donors (Lipinski definition) is 2. The Kier molecular flexibility index (Phi) is 4.09. The summed E-state index contributed by atoms with van der Waals surface area (Å²) in [5.74, 6) is 0.364. The monoisotopic (exact) mass is 250 g/mol. The van der Waals surface area contributed by atoms with Gasteiger partial charge in [-0.3, -0.25) is 10.1 Å². The first kappa shape index (κ1) is 12.8. The SMILES string of the molecule is Cc1cnc(NCC[C@@H]2CCCN2)c([N+](=O)[O-])c1. The van der Waals surface area contributed by atoms with Crippen LogP contribution in [0, 0.1) is 17.0 Å². The van der Waals surface area contributed by atoms with Crippen LogP contribution in [0.5, 0.6) is 0 Å². The lowest BCUT2D eigenvalue weighted by Gasteiger charge is -2.11. The van der Waals surface area contributed by atoms with Gasteiger partial charge in [0.25, 0.3) is 0 Å². The maximum absolute atomic E-state index is 10.9. The van der Waals surface area contributed by atoms with Crippen molar-refractivity contribution in [3.05, 3.63) is 27.9 Å². The standard InChI is InChI=1S/C12H18N4O2/c1-9-7-11(16(17)18)12(15-8-9)14-6-4-10-3-2-5-13-10/h7-8,10,13H,2-6H2,1H3,(H,14,15)/t10-/m0/s1. The second-order valence-electron chi connectivity index (χ2n) is 4.65. The van der Waals surface area contributed by atoms with Gasteiger partial charge in [-0.25, -0.2) is 4.98 Å². The van der Waals surface area contributed by atoms with Gasteiger partial charge >= 0.3 is 5.69 Å². The molecule has 1 atom stereocenters. The average molecular weight is 250 g/mol. The number of rotatable bonds is 5. The number of anilines is 1. The van der Waals surface area contributed by atoms with Crippen LogP contribution < -0.4 is 10.6 Å². The molecule has 0 spiro atoms. The van der Waals surface area contributed by atoms with E-state index in [1.807, 2.05) is 0 Å². The molecule has 2 heterocycles. The van der Waals surface area contributed by atoms with Crippen molar-refractivity contribution < 1.29 is 4.92 Å². The van der Waals surface area contributed by atoms with Gasteiger partial charge in [0.1, 0.15) is 0 Å². The van der Waals surface area contributed by atoms with E-state index in [0.29, 0.717) is 18.4 Å². The first-order valence-corrected chi connectivity index (χ1v) is 6.25. The molecule has 1 aliphatic rings. The summed E-state index contributed by atoms with van der Waals surface area (Å²) in [6, 6.07) is 2.07. The molecule has 0 aromatic carbocycles. The summed E-state index contributed by atoms with van der Waals surface area (Å²) in [5.41, 5.74) is 0.846. The summed E-state index contributed by atoms with van der Waals surface area (Å²) < 4.78 is 0. The summed E-state index contributed by atoms with van der Waals surface area (Å²) in [7, 11) is 0. The van der Waals surface area contributed by atoms with E-state index in [4.69, 9.17) is 0 Å². The molecule has 1 saturated heterocycles. The normalized spacial score (nSPS) is 18.8. The van der Waals surface area contributed by atoms with Gasteiger partial charge in [0.2, 0.25) is 5.82 Å². The van der Waals surface area contributed by atoms with Crippen molar-refractivity contribution in [1.82, 2.24) is 10.3 Å². The lowest BCUT2D eigenvalue weighted by Crippen LogP contribution is -2.24. The van der Waals surface area contributed by atoms with E-state index in [1.165, 1.54) is 12.8 Å². The molecule has 0 amide bonds. The van der Waals surface area contributed by atoms with Crippen LogP contribution in [0.4, 0.5) is 11.5 Å². The van der Waals surface area contributed by atoms with Crippen molar-refractivity contribution in [3.8, 4) is 0 Å². The fraction of sp³-hybridized carbons (Fsp3) is 0.583. The summed E-state index contributed by atoms with van der Waals surface area (Å²) in [5, 5.41) is 17.4. The molecule has 18 heavy (non-hydrogen) atoms. The van der Waals surface area contributed by atoms with Crippen molar-refractivity contribution in [1.29, 1.82) is 0 Å². The van der Waals surface area contributed by atoms with Gasteiger partial charge in [0, 0.05) is 24.8 Å². The summed E-state index contributed by atoms with van der Waals surface area (Å²) in [6.07, 6.45) is 5.01. The highest BCUT2D eigenvalue weighted by atomic mass is 16.6. The highest BCUT2D eigenvalue weighted by Crippen LogP contribution is 2.22. The van der Waals surface area contributed by atoms with Crippen molar-refractivity contribution >= 4 is 11.5 Å². The molecular weight excluding hydrogens is 232 g/mol. The number of nitrogens with zero attached hydrogens (tertiary/aromatic N) is 2. The Morgan fingerprint density at radius 3 is 3.17 bits per heavy atom. The second kappa shape index (κ2) is 5.77. The molecule has 0 bridgehead atoms. The van der Waals surface area contributed by atoms with Crippen LogP contribution in [-0.4, -0.2) is 29.0 Å². The highest BCUT2D eigenvalue weighted by molar-refractivity contribution is 5.56. The minimum Gasteiger partial charge on any atom is -0.364 e. The predicted molar refractivity (Wildman–Crippen MR) is 69.8 cm³/mol. The minimum absolute atomic E-state index is 0.0504. The quantitative estimate of drug-likeness (QED) is 0.615. The van der Waals surface area contributed by atoms with E-state index in [1.54, 1.807) is 19.2 Å². The summed E-state index contributed by atoms with van der Waals surface area (Å²) in [4.78, 5) is 14.6. The Morgan fingerprint density at radius 1 is 1.67 bits per heavy atom. The molecule has 0 aliphatic carbocycles. The number of hydrogen-bond acceptors (Lipinski definition) is 5. The zero-order chi connectivity index (χ0) is 13.0. The molecule has 1 aliphatic heterocycles. The average Bonchev–Trinajstić information content (AvgIpc) is 2.84. The zero-order valence-corrected chi connectivity index (χ0v) is 10.5. The molecule has 2 N–H and O–H groups in total. The molecule has 98 valence electrons. The summed E-state index contributed by atoms with van der Waals surface area (Å²) >= 11 is 0. The molecule has 2 rings (SSSR count). The fourth-order valence-electron chi connectivity index (χ4n) is 2.20. The molecule has 1 aromatic rings. The van der Waals surface area contributed by atoms with Crippen LogP contribution in [0.15, 0.2) is 12.3 Å². The van der Waals surface area contributed by atoms with Crippen LogP contribution >= 0.6 is 0 Å². The Bertz CT molecular complexity index is 430. The first-order chi connectivity index (χ1) is 8.66. The van der Waals surface area contributed by atoms with E-state index in [-0.39, 0.29) is 5.69 Å². The third kappa shape index (κ3) is 3.16. The predicted octanol–water partition coefficient (Wildman–Crippen LogP) is 1.85. The van der Waals surface area contributed by atoms with Crippen molar-refractivity contribution in [2.45, 2.75) is 32.2 Å². The van der Waals surface area contributed by atoms with Crippen LogP contribution in [0.2, 0.25) is 0 Å². The highest BCUT2D eigenvalue weighted by Gasteiger charge is 2.17. The van der Waals surface area contributed by atoms with Crippen molar-refractivity contribution in [2.24, 2.45) is 0 Å². The number of aromatic nitrogens is 1. The van der Waals surface area contributed by atoms with Gasteiger partial charge in [-0.1, -0.05) is 0 Å². The molecule has 6 heteroatoms. The van der Waals surface area contributed by atoms with Crippen LogP contribution in [0.3, 0.4) is 0 Å². The first-order valence-electron chi connectivity index (χ1n) is 6.25. The van der Waals surface area contributed by atoms with Gasteiger partial charge in [0.15, 0.2) is 0 Å². The smallest absolute Gasteiger partial charge is 0.311 e. The van der Waals surface area contributed by atoms with Gasteiger partial charge in [-0.15, -0.1) is 0 Å². The second-order valence-corrected chi connectivity index (χ2v) is 4.65. The molecule has 0 radical (unpaired) electrons. The molecule has 1 aromatic heterocycles. The molecule has 1 fully saturated rings. The lowest BCUT2D eigenvalue weighted by atomic mass is 10.1. The van der Waals surface area contributed by atoms with Gasteiger partial charge in [-0.05, 0) is 38.3 Å². The van der Waals surface area contributed by atoms with E-state index in [9.17, 15) is 10.1 Å². The van der Waals surface area contributed by atoms with Gasteiger partial charge < -0.3 is 10.6 Å². The summed E-state index contributed by atoms with van der Waals surface area (Å²) in [6.45, 7) is 3.58. The van der Waals surface area contributed by atoms with Crippen molar-refractivity contribution in [3.63, 3.8) is 0 Å². The van der Waals surface area contributed by atoms with E-state index < -0.39 is 4.92 Å². The Labute approximate surface area is 106 Å². The minimum atomic E-state index is -0.393. The molecule has 0 unspecified atom stereocenters. The van der Waals surface area contributed by atoms with Crippen molar-refractivity contribution in [2.75, 3.05) is 18.4 Å². The fourth-order valence-corrected chi connectivity index (χ4v) is 2.20. The van der Waals surface area contributed by atoms with Crippen LogP contribution in [0.25, 0.3) is 0 Å². The van der Waals surface area contributed by atoms with Gasteiger partial charge in [0.05, 0.1) is 4.92 Å². The molecule has 0 saturated carbocycles. The largest absolute Gasteiger partial charge is 0.364 e. The Balaban J connectivity index is 1.93. The topological polar surface area (TPSA) is 80.1 Å². The number of pyridine rings is 1. The Hall–Kier alpha value is -1.69.